The first-order valence-corrected chi connectivity index (χ1v) is 11.8. The summed E-state index contributed by atoms with van der Waals surface area (Å²) in [5.41, 5.74) is 5.25. The monoisotopic (exact) mass is 521 g/mol. The number of carbonyl (C=O) groups is 1. The van der Waals surface area contributed by atoms with Gasteiger partial charge in [0.15, 0.2) is 11.0 Å². The fourth-order valence-corrected chi connectivity index (χ4v) is 4.00. The van der Waals surface area contributed by atoms with E-state index >= 15 is 0 Å². The van der Waals surface area contributed by atoms with Gasteiger partial charge in [0, 0.05) is 15.7 Å². The Labute approximate surface area is 204 Å². The second-order valence-electron chi connectivity index (χ2n) is 6.84. The maximum Gasteiger partial charge on any atom is 0.250 e. The smallest absolute Gasteiger partial charge is 0.250 e. The lowest BCUT2D eigenvalue weighted by molar-refractivity contribution is -0.118. The van der Waals surface area contributed by atoms with Gasteiger partial charge in [-0.25, -0.2) is 5.43 Å². The molecule has 33 heavy (non-hydrogen) atoms. The number of hydrogen-bond donors (Lipinski definition) is 1. The van der Waals surface area contributed by atoms with E-state index in [1.165, 1.54) is 11.8 Å². The van der Waals surface area contributed by atoms with E-state index in [9.17, 15) is 4.79 Å². The molecule has 1 aromatic heterocycles. The fraction of sp³-hybridized carbons (Fsp3) is 0.0833. The van der Waals surface area contributed by atoms with Crippen LogP contribution in [0.3, 0.4) is 0 Å². The lowest BCUT2D eigenvalue weighted by atomic mass is 10.2. The quantitative estimate of drug-likeness (QED) is 0.201. The predicted molar refractivity (Wildman–Crippen MR) is 134 cm³/mol. The Morgan fingerprint density at radius 1 is 1.06 bits per heavy atom. The molecular weight excluding hydrogens is 502 g/mol. The molecule has 0 bridgehead atoms. The number of thioether (sulfide) groups is 1. The van der Waals surface area contributed by atoms with Crippen molar-refractivity contribution < 1.29 is 9.53 Å². The van der Waals surface area contributed by atoms with E-state index in [1.807, 2.05) is 83.4 Å². The van der Waals surface area contributed by atoms with E-state index in [0.717, 1.165) is 27.0 Å². The molecule has 3 aromatic carbocycles. The van der Waals surface area contributed by atoms with Gasteiger partial charge in [0.1, 0.15) is 5.75 Å². The number of nitrogens with zero attached hydrogens (tertiary/aromatic N) is 4. The number of halogens is 1. The average Bonchev–Trinajstić information content (AvgIpc) is 3.28. The number of hydrazone groups is 1. The van der Waals surface area contributed by atoms with Crippen molar-refractivity contribution in [2.24, 2.45) is 5.10 Å². The van der Waals surface area contributed by atoms with Crippen LogP contribution in [0.5, 0.6) is 5.75 Å². The van der Waals surface area contributed by atoms with Crippen LogP contribution in [0, 0.1) is 0 Å². The molecule has 0 atom stereocenters. The Morgan fingerprint density at radius 2 is 1.79 bits per heavy atom. The zero-order valence-corrected chi connectivity index (χ0v) is 20.1. The molecular formula is C24H20BrN5O2S. The predicted octanol–water partition coefficient (Wildman–Crippen LogP) is 4.95. The minimum absolute atomic E-state index is 0.142. The maximum absolute atomic E-state index is 12.3. The minimum atomic E-state index is -0.239. The SMILES string of the molecule is COc1ccc(/C=N/NC(=O)CSc2nnc(-c3ccccc3)n2-c2ccc(Br)cc2)cc1. The van der Waals surface area contributed by atoms with Crippen LogP contribution in [0.25, 0.3) is 17.1 Å². The van der Waals surface area contributed by atoms with Crippen molar-refractivity contribution in [3.05, 3.63) is 88.9 Å². The van der Waals surface area contributed by atoms with Crippen LogP contribution in [0.2, 0.25) is 0 Å². The highest BCUT2D eigenvalue weighted by Crippen LogP contribution is 2.28. The van der Waals surface area contributed by atoms with Crippen molar-refractivity contribution >= 4 is 39.8 Å². The van der Waals surface area contributed by atoms with Crippen molar-refractivity contribution in [3.63, 3.8) is 0 Å². The van der Waals surface area contributed by atoms with Crippen molar-refractivity contribution in [1.29, 1.82) is 0 Å². The minimum Gasteiger partial charge on any atom is -0.497 e. The molecule has 0 saturated carbocycles. The first kappa shape index (κ1) is 22.8. The van der Waals surface area contributed by atoms with Crippen molar-refractivity contribution in [1.82, 2.24) is 20.2 Å². The van der Waals surface area contributed by atoms with Crippen molar-refractivity contribution in [2.45, 2.75) is 5.16 Å². The second-order valence-corrected chi connectivity index (χ2v) is 8.70. The lowest BCUT2D eigenvalue weighted by Crippen LogP contribution is -2.20. The summed E-state index contributed by atoms with van der Waals surface area (Å²) in [4.78, 5) is 12.3. The van der Waals surface area contributed by atoms with Crippen molar-refractivity contribution in [2.75, 3.05) is 12.9 Å². The molecule has 0 aliphatic heterocycles. The summed E-state index contributed by atoms with van der Waals surface area (Å²) in [6, 6.07) is 25.1. The summed E-state index contributed by atoms with van der Waals surface area (Å²) in [6.07, 6.45) is 1.58. The molecule has 1 N–H and O–H groups in total. The molecule has 0 spiro atoms. The molecule has 0 aliphatic rings. The second kappa shape index (κ2) is 10.9. The van der Waals surface area contributed by atoms with E-state index in [2.05, 4.69) is 36.7 Å². The van der Waals surface area contributed by atoms with Gasteiger partial charge in [-0.3, -0.25) is 9.36 Å². The van der Waals surface area contributed by atoms with Gasteiger partial charge in [0.05, 0.1) is 19.1 Å². The number of carbonyl (C=O) groups excluding carboxylic acids is 1. The van der Waals surface area contributed by atoms with E-state index in [1.54, 1.807) is 13.3 Å². The summed E-state index contributed by atoms with van der Waals surface area (Å²) < 4.78 is 8.05. The third-order valence-electron chi connectivity index (χ3n) is 4.60. The standard InChI is InChI=1S/C24H20BrN5O2S/c1-32-21-13-7-17(8-14-21)15-26-27-22(31)16-33-24-29-28-23(18-5-3-2-4-6-18)30(24)20-11-9-19(25)10-12-20/h2-15H,16H2,1H3,(H,27,31)/b26-15+. The number of rotatable bonds is 8. The normalized spacial score (nSPS) is 11.0. The van der Waals surface area contributed by atoms with Crippen molar-refractivity contribution in [3.8, 4) is 22.8 Å². The molecule has 9 heteroatoms. The summed E-state index contributed by atoms with van der Waals surface area (Å²) >= 11 is 4.77. The Hall–Kier alpha value is -3.43. The van der Waals surface area contributed by atoms with Gasteiger partial charge < -0.3 is 4.74 Å². The van der Waals surface area contributed by atoms with Crippen LogP contribution in [-0.2, 0) is 4.79 Å². The highest BCUT2D eigenvalue weighted by Gasteiger charge is 2.17. The number of hydrogen-bond acceptors (Lipinski definition) is 6. The van der Waals surface area contributed by atoms with Crippen LogP contribution in [0.1, 0.15) is 5.56 Å². The van der Waals surface area contributed by atoms with Crippen LogP contribution < -0.4 is 10.2 Å². The molecule has 0 fully saturated rings. The molecule has 0 radical (unpaired) electrons. The molecule has 0 aliphatic carbocycles. The van der Waals surface area contributed by atoms with Gasteiger partial charge in [-0.2, -0.15) is 5.10 Å². The molecule has 4 rings (SSSR count). The Bertz CT molecular complexity index is 1240. The Kier molecular flexibility index (Phi) is 7.54. The molecule has 1 amide bonds. The summed E-state index contributed by atoms with van der Waals surface area (Å²) in [5.74, 6) is 1.37. The van der Waals surface area contributed by atoms with Gasteiger partial charge in [-0.15, -0.1) is 10.2 Å². The van der Waals surface area contributed by atoms with Gasteiger partial charge in [0.25, 0.3) is 5.91 Å². The van der Waals surface area contributed by atoms with E-state index in [0.29, 0.717) is 11.0 Å². The van der Waals surface area contributed by atoms with Crippen LogP contribution in [-0.4, -0.2) is 39.7 Å². The zero-order chi connectivity index (χ0) is 23.0. The van der Waals surface area contributed by atoms with E-state index in [4.69, 9.17) is 4.74 Å². The number of benzene rings is 3. The zero-order valence-electron chi connectivity index (χ0n) is 17.7. The third-order valence-corrected chi connectivity index (χ3v) is 6.06. The first-order valence-electron chi connectivity index (χ1n) is 9.99. The Balaban J connectivity index is 1.47. The number of methoxy groups -OCH3 is 1. The van der Waals surface area contributed by atoms with Crippen LogP contribution in [0.15, 0.2) is 93.6 Å². The van der Waals surface area contributed by atoms with Gasteiger partial charge in [-0.05, 0) is 54.1 Å². The number of ether oxygens (including phenoxy) is 1. The average molecular weight is 522 g/mol. The maximum atomic E-state index is 12.3. The highest BCUT2D eigenvalue weighted by molar-refractivity contribution is 9.10. The molecule has 0 saturated heterocycles. The summed E-state index contributed by atoms with van der Waals surface area (Å²) in [6.45, 7) is 0. The molecule has 1 heterocycles. The summed E-state index contributed by atoms with van der Waals surface area (Å²) in [5, 5.41) is 13.4. The molecule has 0 unspecified atom stereocenters. The number of aromatic nitrogens is 3. The topological polar surface area (TPSA) is 81.4 Å². The van der Waals surface area contributed by atoms with E-state index < -0.39 is 0 Å². The van der Waals surface area contributed by atoms with Gasteiger partial charge in [-0.1, -0.05) is 58.0 Å². The van der Waals surface area contributed by atoms with Gasteiger partial charge >= 0.3 is 0 Å². The number of nitrogens with one attached hydrogen (secondary N) is 1. The van der Waals surface area contributed by atoms with Crippen LogP contribution >= 0.6 is 27.7 Å². The fourth-order valence-electron chi connectivity index (χ4n) is 2.99. The number of amides is 1. The highest BCUT2D eigenvalue weighted by atomic mass is 79.9. The summed E-state index contributed by atoms with van der Waals surface area (Å²) in [7, 11) is 1.61. The molecule has 4 aromatic rings. The van der Waals surface area contributed by atoms with Crippen LogP contribution in [0.4, 0.5) is 0 Å². The Morgan fingerprint density at radius 3 is 2.48 bits per heavy atom. The molecule has 166 valence electrons. The lowest BCUT2D eigenvalue weighted by Gasteiger charge is -2.10. The largest absolute Gasteiger partial charge is 0.497 e. The first-order chi connectivity index (χ1) is 16.1. The van der Waals surface area contributed by atoms with Gasteiger partial charge in [0.2, 0.25) is 0 Å². The van der Waals surface area contributed by atoms with E-state index in [-0.39, 0.29) is 11.7 Å². The molecule has 7 nitrogen and oxygen atoms in total. The third kappa shape index (κ3) is 5.88.